The fraction of sp³-hybridized carbons (Fsp3) is 0.217. The van der Waals surface area contributed by atoms with Crippen molar-refractivity contribution in [3.63, 3.8) is 0 Å². The average Bonchev–Trinajstić information content (AvgIpc) is 3.45. The highest BCUT2D eigenvalue weighted by atomic mass is 32.1. The molecule has 0 aliphatic carbocycles. The fourth-order valence-corrected chi connectivity index (χ4v) is 4.07. The van der Waals surface area contributed by atoms with Gasteiger partial charge in [0.05, 0.1) is 26.0 Å². The Morgan fingerprint density at radius 1 is 1.03 bits per heavy atom. The standard InChI is InChI=1S/C23H23N5O3S/c1-4-31-18-11-7-16(8-12-18)23-25-14(2)20(32-23)22(29)24-13-19-26-21(28-27-19)15-5-9-17(30-3)10-6-15/h5-12H,4,13H2,1-3H3,(H,24,29)(H,26,27,28). The third-order valence-corrected chi connectivity index (χ3v) is 5.92. The van der Waals surface area contributed by atoms with E-state index < -0.39 is 0 Å². The quantitative estimate of drug-likeness (QED) is 0.417. The molecule has 9 heteroatoms. The Balaban J connectivity index is 1.41. The highest BCUT2D eigenvalue weighted by Gasteiger charge is 2.17. The number of benzene rings is 2. The molecule has 0 bridgehead atoms. The van der Waals surface area contributed by atoms with Crippen molar-refractivity contribution in [1.82, 2.24) is 25.5 Å². The van der Waals surface area contributed by atoms with Gasteiger partial charge in [-0.05, 0) is 62.4 Å². The number of aromatic amines is 1. The number of hydrogen-bond acceptors (Lipinski definition) is 7. The molecule has 4 rings (SSSR count). The number of carbonyl (C=O) groups excluding carboxylic acids is 1. The van der Waals surface area contributed by atoms with E-state index in [0.29, 0.717) is 28.8 Å². The smallest absolute Gasteiger partial charge is 0.263 e. The van der Waals surface area contributed by atoms with Crippen molar-refractivity contribution in [2.75, 3.05) is 13.7 Å². The molecular formula is C23H23N5O3S. The van der Waals surface area contributed by atoms with Crippen LogP contribution in [0.25, 0.3) is 22.0 Å². The molecule has 0 aliphatic heterocycles. The molecule has 2 N–H and O–H groups in total. The van der Waals surface area contributed by atoms with Crippen LogP contribution in [0.15, 0.2) is 48.5 Å². The minimum Gasteiger partial charge on any atom is -0.497 e. The summed E-state index contributed by atoms with van der Waals surface area (Å²) in [6.07, 6.45) is 0. The van der Waals surface area contributed by atoms with E-state index in [9.17, 15) is 4.79 Å². The minimum absolute atomic E-state index is 0.195. The van der Waals surface area contributed by atoms with Crippen LogP contribution < -0.4 is 14.8 Å². The first-order chi connectivity index (χ1) is 15.6. The predicted molar refractivity (Wildman–Crippen MR) is 123 cm³/mol. The molecular weight excluding hydrogens is 426 g/mol. The number of H-pyrrole nitrogens is 1. The molecule has 2 aromatic heterocycles. The van der Waals surface area contributed by atoms with Crippen molar-refractivity contribution < 1.29 is 14.3 Å². The highest BCUT2D eigenvalue weighted by Crippen LogP contribution is 2.29. The lowest BCUT2D eigenvalue weighted by atomic mass is 10.2. The average molecular weight is 450 g/mol. The van der Waals surface area contributed by atoms with Crippen LogP contribution in [0, 0.1) is 6.92 Å². The van der Waals surface area contributed by atoms with E-state index in [2.05, 4.69) is 25.5 Å². The molecule has 164 valence electrons. The van der Waals surface area contributed by atoms with Gasteiger partial charge in [0.25, 0.3) is 5.91 Å². The van der Waals surface area contributed by atoms with Gasteiger partial charge in [-0.2, -0.15) is 5.10 Å². The number of amides is 1. The van der Waals surface area contributed by atoms with E-state index in [-0.39, 0.29) is 12.5 Å². The second-order valence-electron chi connectivity index (χ2n) is 6.91. The van der Waals surface area contributed by atoms with E-state index in [0.717, 1.165) is 27.6 Å². The Morgan fingerprint density at radius 3 is 2.41 bits per heavy atom. The van der Waals surface area contributed by atoms with E-state index >= 15 is 0 Å². The number of carbonyl (C=O) groups is 1. The SMILES string of the molecule is CCOc1ccc(-c2nc(C)c(C(=O)NCc3nc(-c4ccc(OC)cc4)n[nH]3)s2)cc1. The summed E-state index contributed by atoms with van der Waals surface area (Å²) in [6, 6.07) is 15.2. The van der Waals surface area contributed by atoms with Gasteiger partial charge in [-0.1, -0.05) is 0 Å². The van der Waals surface area contributed by atoms with Crippen LogP contribution >= 0.6 is 11.3 Å². The summed E-state index contributed by atoms with van der Waals surface area (Å²) in [7, 11) is 1.62. The molecule has 0 aliphatic rings. The van der Waals surface area contributed by atoms with Crippen LogP contribution in [0.3, 0.4) is 0 Å². The number of hydrogen-bond donors (Lipinski definition) is 2. The number of nitrogens with one attached hydrogen (secondary N) is 2. The summed E-state index contributed by atoms with van der Waals surface area (Å²) in [5.74, 6) is 2.51. The van der Waals surface area contributed by atoms with Crippen LogP contribution in [0.1, 0.15) is 28.1 Å². The molecule has 0 radical (unpaired) electrons. The lowest BCUT2D eigenvalue weighted by Gasteiger charge is -2.03. The second-order valence-corrected chi connectivity index (χ2v) is 7.91. The van der Waals surface area contributed by atoms with Crippen molar-refractivity contribution in [2.24, 2.45) is 0 Å². The summed E-state index contributed by atoms with van der Waals surface area (Å²) in [4.78, 5) is 22.3. The lowest BCUT2D eigenvalue weighted by Crippen LogP contribution is -2.23. The molecule has 0 atom stereocenters. The Hall–Kier alpha value is -3.72. The van der Waals surface area contributed by atoms with Crippen LogP contribution in [0.2, 0.25) is 0 Å². The molecule has 0 fully saturated rings. The predicted octanol–water partition coefficient (Wildman–Crippen LogP) is 4.24. The molecule has 32 heavy (non-hydrogen) atoms. The topological polar surface area (TPSA) is 102 Å². The summed E-state index contributed by atoms with van der Waals surface area (Å²) in [5, 5.41) is 10.8. The van der Waals surface area contributed by atoms with Gasteiger partial charge >= 0.3 is 0 Å². The zero-order chi connectivity index (χ0) is 22.5. The number of ether oxygens (including phenoxy) is 2. The minimum atomic E-state index is -0.195. The summed E-state index contributed by atoms with van der Waals surface area (Å²) < 4.78 is 10.6. The molecule has 2 aromatic carbocycles. The molecule has 0 unspecified atom stereocenters. The maximum Gasteiger partial charge on any atom is 0.263 e. The van der Waals surface area contributed by atoms with Crippen LogP contribution in [-0.4, -0.2) is 39.8 Å². The Kier molecular flexibility index (Phi) is 6.46. The van der Waals surface area contributed by atoms with Crippen molar-refractivity contribution in [2.45, 2.75) is 20.4 Å². The number of aromatic nitrogens is 4. The van der Waals surface area contributed by atoms with Gasteiger partial charge in [0.15, 0.2) is 5.82 Å². The Labute approximate surface area is 189 Å². The second kappa shape index (κ2) is 9.61. The third kappa shape index (κ3) is 4.78. The lowest BCUT2D eigenvalue weighted by molar-refractivity contribution is 0.0953. The van der Waals surface area contributed by atoms with Gasteiger partial charge in [0, 0.05) is 11.1 Å². The van der Waals surface area contributed by atoms with Crippen molar-refractivity contribution in [3.05, 3.63) is 64.9 Å². The number of rotatable bonds is 8. The maximum absolute atomic E-state index is 12.7. The Bertz CT molecular complexity index is 1200. The van der Waals surface area contributed by atoms with Gasteiger partial charge in [-0.25, -0.2) is 9.97 Å². The monoisotopic (exact) mass is 449 g/mol. The molecule has 8 nitrogen and oxygen atoms in total. The number of thiazole rings is 1. The van der Waals surface area contributed by atoms with E-state index in [4.69, 9.17) is 9.47 Å². The molecule has 4 aromatic rings. The normalized spacial score (nSPS) is 10.7. The molecule has 0 spiro atoms. The van der Waals surface area contributed by atoms with Gasteiger partial charge in [0.2, 0.25) is 0 Å². The highest BCUT2D eigenvalue weighted by molar-refractivity contribution is 7.17. The van der Waals surface area contributed by atoms with Crippen LogP contribution in [0.5, 0.6) is 11.5 Å². The number of nitrogens with zero attached hydrogens (tertiary/aromatic N) is 3. The van der Waals surface area contributed by atoms with Gasteiger partial charge in [-0.3, -0.25) is 9.89 Å². The Morgan fingerprint density at radius 2 is 1.72 bits per heavy atom. The largest absolute Gasteiger partial charge is 0.497 e. The summed E-state index contributed by atoms with van der Waals surface area (Å²) in [6.45, 7) is 4.63. The molecule has 0 saturated heterocycles. The molecule has 1 amide bonds. The zero-order valence-corrected chi connectivity index (χ0v) is 18.8. The van der Waals surface area contributed by atoms with Crippen LogP contribution in [0.4, 0.5) is 0 Å². The number of aryl methyl sites for hydroxylation is 1. The fourth-order valence-electron chi connectivity index (χ4n) is 3.08. The van der Waals surface area contributed by atoms with Crippen LogP contribution in [-0.2, 0) is 6.54 Å². The molecule has 2 heterocycles. The first kappa shape index (κ1) is 21.5. The first-order valence-corrected chi connectivity index (χ1v) is 10.9. The van der Waals surface area contributed by atoms with Crippen molar-refractivity contribution >= 4 is 17.2 Å². The van der Waals surface area contributed by atoms with Crippen molar-refractivity contribution in [1.29, 1.82) is 0 Å². The summed E-state index contributed by atoms with van der Waals surface area (Å²) in [5.41, 5.74) is 2.49. The first-order valence-electron chi connectivity index (χ1n) is 10.1. The van der Waals surface area contributed by atoms with E-state index in [1.165, 1.54) is 11.3 Å². The molecule has 0 saturated carbocycles. The van der Waals surface area contributed by atoms with E-state index in [1.807, 2.05) is 62.4 Å². The van der Waals surface area contributed by atoms with E-state index in [1.54, 1.807) is 7.11 Å². The zero-order valence-electron chi connectivity index (χ0n) is 18.0. The van der Waals surface area contributed by atoms with Gasteiger partial charge in [0.1, 0.15) is 27.2 Å². The maximum atomic E-state index is 12.7. The number of methoxy groups -OCH3 is 1. The van der Waals surface area contributed by atoms with Gasteiger partial charge in [-0.15, -0.1) is 11.3 Å². The van der Waals surface area contributed by atoms with Gasteiger partial charge < -0.3 is 14.8 Å². The third-order valence-electron chi connectivity index (χ3n) is 4.71. The van der Waals surface area contributed by atoms with Crippen molar-refractivity contribution in [3.8, 4) is 33.5 Å². The summed E-state index contributed by atoms with van der Waals surface area (Å²) >= 11 is 1.36.